The zero-order valence-corrected chi connectivity index (χ0v) is 17.1. The number of rotatable bonds is 6. The molecule has 28 heavy (non-hydrogen) atoms. The average Bonchev–Trinajstić information content (AvgIpc) is 2.71. The van der Waals surface area contributed by atoms with Gasteiger partial charge in [-0.2, -0.15) is 0 Å². The van der Waals surface area contributed by atoms with E-state index in [2.05, 4.69) is 26.8 Å². The van der Waals surface area contributed by atoms with Crippen molar-refractivity contribution < 1.29 is 14.3 Å². The molecule has 0 aromatic heterocycles. The van der Waals surface area contributed by atoms with E-state index in [4.69, 9.17) is 4.74 Å². The minimum Gasteiger partial charge on any atom is -0.492 e. The summed E-state index contributed by atoms with van der Waals surface area (Å²) in [5, 5.41) is 2.10. The summed E-state index contributed by atoms with van der Waals surface area (Å²) in [4.78, 5) is 24.6. The van der Waals surface area contributed by atoms with Gasteiger partial charge in [0.05, 0.1) is 17.5 Å². The van der Waals surface area contributed by atoms with E-state index in [1.54, 1.807) is 18.2 Å². The smallest absolute Gasteiger partial charge is 0.269 e. The van der Waals surface area contributed by atoms with Crippen molar-refractivity contribution >= 4 is 38.5 Å². The van der Waals surface area contributed by atoms with E-state index in [1.807, 2.05) is 49.4 Å². The topological polar surface area (TPSA) is 67.4 Å². The Hall–Kier alpha value is -2.86. The number of hydrogen-bond donors (Lipinski definition) is 2. The Morgan fingerprint density at radius 1 is 1.00 bits per heavy atom. The fourth-order valence-corrected chi connectivity index (χ4v) is 3.33. The van der Waals surface area contributed by atoms with E-state index in [0.29, 0.717) is 22.4 Å². The average molecular weight is 441 g/mol. The van der Waals surface area contributed by atoms with Gasteiger partial charge in [0, 0.05) is 5.56 Å². The van der Waals surface area contributed by atoms with Crippen molar-refractivity contribution in [3.8, 4) is 5.75 Å². The molecule has 0 aliphatic heterocycles. The number of fused-ring (bicyclic) bond motifs is 1. The molecule has 3 aromatic carbocycles. The number of halogens is 1. The predicted molar refractivity (Wildman–Crippen MR) is 113 cm³/mol. The van der Waals surface area contributed by atoms with Crippen LogP contribution in [0.2, 0.25) is 0 Å². The Morgan fingerprint density at radius 3 is 2.57 bits per heavy atom. The second kappa shape index (κ2) is 9.37. The van der Waals surface area contributed by atoms with Crippen molar-refractivity contribution in [2.75, 3.05) is 6.61 Å². The highest BCUT2D eigenvalue weighted by Crippen LogP contribution is 2.26. The lowest BCUT2D eigenvalue weighted by atomic mass is 10.0. The molecule has 0 heterocycles. The van der Waals surface area contributed by atoms with Gasteiger partial charge in [-0.05, 0) is 56.9 Å². The Balaban J connectivity index is 1.59. The lowest BCUT2D eigenvalue weighted by molar-refractivity contribution is -0.121. The molecule has 0 radical (unpaired) electrons. The molecule has 0 fully saturated rings. The molecule has 0 aliphatic carbocycles. The molecule has 0 bridgehead atoms. The van der Waals surface area contributed by atoms with Crippen LogP contribution in [-0.2, 0) is 11.2 Å². The minimum absolute atomic E-state index is 0.176. The number of nitrogens with one attached hydrogen (secondary N) is 2. The van der Waals surface area contributed by atoms with Gasteiger partial charge >= 0.3 is 0 Å². The van der Waals surface area contributed by atoms with Crippen LogP contribution in [0.1, 0.15) is 29.3 Å². The summed E-state index contributed by atoms with van der Waals surface area (Å²) in [6.45, 7) is 2.63. The summed E-state index contributed by atoms with van der Waals surface area (Å²) in [6, 6.07) is 18.8. The molecule has 0 unspecified atom stereocenters. The van der Waals surface area contributed by atoms with Crippen LogP contribution in [0.3, 0.4) is 0 Å². The van der Waals surface area contributed by atoms with Crippen molar-refractivity contribution in [1.29, 1.82) is 0 Å². The number of carbonyl (C=O) groups is 2. The third-order valence-corrected chi connectivity index (χ3v) is 4.82. The first-order valence-corrected chi connectivity index (χ1v) is 9.86. The maximum atomic E-state index is 12.3. The highest BCUT2D eigenvalue weighted by Gasteiger charge is 2.11. The quantitative estimate of drug-likeness (QED) is 0.558. The summed E-state index contributed by atoms with van der Waals surface area (Å²) >= 11 is 3.40. The number of ether oxygens (including phenoxy) is 1. The first-order chi connectivity index (χ1) is 13.6. The molecular weight excluding hydrogens is 420 g/mol. The maximum Gasteiger partial charge on any atom is 0.269 e. The van der Waals surface area contributed by atoms with Gasteiger partial charge in [-0.25, -0.2) is 0 Å². The number of hydrogen-bond acceptors (Lipinski definition) is 3. The van der Waals surface area contributed by atoms with E-state index < -0.39 is 5.91 Å². The van der Waals surface area contributed by atoms with Gasteiger partial charge < -0.3 is 4.74 Å². The van der Waals surface area contributed by atoms with Gasteiger partial charge in [-0.3, -0.25) is 20.4 Å². The molecule has 2 N–H and O–H groups in total. The third kappa shape index (κ3) is 4.89. The number of hydrazine groups is 1. The Kier molecular flexibility index (Phi) is 6.66. The van der Waals surface area contributed by atoms with Crippen molar-refractivity contribution in [2.24, 2.45) is 0 Å². The molecule has 0 aliphatic rings. The lowest BCUT2D eigenvalue weighted by Gasteiger charge is -2.11. The van der Waals surface area contributed by atoms with Crippen LogP contribution in [0, 0.1) is 0 Å². The summed E-state index contributed by atoms with van der Waals surface area (Å²) in [6.07, 6.45) is 1.08. The van der Waals surface area contributed by atoms with Gasteiger partial charge in [0.1, 0.15) is 5.75 Å². The predicted octanol–water partition coefficient (Wildman–Crippen LogP) is 4.39. The van der Waals surface area contributed by atoms with Crippen molar-refractivity contribution in [3.63, 3.8) is 0 Å². The molecule has 0 atom stereocenters. The van der Waals surface area contributed by atoms with E-state index in [9.17, 15) is 9.59 Å². The normalized spacial score (nSPS) is 10.5. The van der Waals surface area contributed by atoms with Crippen LogP contribution < -0.4 is 15.6 Å². The van der Waals surface area contributed by atoms with Crippen LogP contribution >= 0.6 is 15.9 Å². The van der Waals surface area contributed by atoms with Gasteiger partial charge in [0.15, 0.2) is 0 Å². The molecule has 144 valence electrons. The molecule has 3 rings (SSSR count). The fraction of sp³-hybridized carbons (Fsp3) is 0.182. The Labute approximate surface area is 172 Å². The zero-order chi connectivity index (χ0) is 19.9. The van der Waals surface area contributed by atoms with Crippen molar-refractivity contribution in [2.45, 2.75) is 19.8 Å². The first-order valence-electron chi connectivity index (χ1n) is 9.06. The minimum atomic E-state index is -0.394. The van der Waals surface area contributed by atoms with E-state index in [1.165, 1.54) is 0 Å². The molecule has 0 spiro atoms. The maximum absolute atomic E-state index is 12.3. The molecule has 5 nitrogen and oxygen atoms in total. The van der Waals surface area contributed by atoms with Crippen LogP contribution in [0.15, 0.2) is 65.1 Å². The van der Waals surface area contributed by atoms with E-state index >= 15 is 0 Å². The lowest BCUT2D eigenvalue weighted by Crippen LogP contribution is -2.42. The van der Waals surface area contributed by atoms with Crippen molar-refractivity contribution in [1.82, 2.24) is 10.9 Å². The van der Waals surface area contributed by atoms with Gasteiger partial charge in [0.2, 0.25) is 5.91 Å². The highest BCUT2D eigenvalue weighted by molar-refractivity contribution is 9.10. The largest absolute Gasteiger partial charge is 0.492 e. The molecule has 0 saturated carbocycles. The van der Waals surface area contributed by atoms with E-state index in [0.717, 1.165) is 22.8 Å². The summed E-state index contributed by atoms with van der Waals surface area (Å²) in [5.74, 6) is -0.000861. The van der Waals surface area contributed by atoms with Gasteiger partial charge in [0.25, 0.3) is 5.91 Å². The van der Waals surface area contributed by atoms with Crippen molar-refractivity contribution in [3.05, 3.63) is 76.3 Å². The molecule has 2 amide bonds. The molecular formula is C22H21BrN2O3. The monoisotopic (exact) mass is 440 g/mol. The van der Waals surface area contributed by atoms with Gasteiger partial charge in [-0.15, -0.1) is 0 Å². The third-order valence-electron chi connectivity index (χ3n) is 4.20. The summed E-state index contributed by atoms with van der Waals surface area (Å²) < 4.78 is 6.26. The van der Waals surface area contributed by atoms with E-state index in [-0.39, 0.29) is 12.3 Å². The highest BCUT2D eigenvalue weighted by atomic mass is 79.9. The second-order valence-corrected chi connectivity index (χ2v) is 7.17. The first kappa shape index (κ1) is 19.9. The van der Waals surface area contributed by atoms with Crippen LogP contribution in [0.25, 0.3) is 10.8 Å². The molecule has 3 aromatic rings. The summed E-state index contributed by atoms with van der Waals surface area (Å²) in [5.41, 5.74) is 6.26. The fourth-order valence-electron chi connectivity index (χ4n) is 2.83. The summed E-state index contributed by atoms with van der Waals surface area (Å²) in [7, 11) is 0. The number of amides is 2. The SMILES string of the molecule is CCCOc1ccc(C(=O)NNC(=O)Cc2cccc3ccccc23)cc1Br. The zero-order valence-electron chi connectivity index (χ0n) is 15.5. The Morgan fingerprint density at radius 2 is 1.79 bits per heavy atom. The van der Waals surface area contributed by atoms with Crippen LogP contribution in [0.5, 0.6) is 5.75 Å². The molecule has 0 saturated heterocycles. The van der Waals surface area contributed by atoms with Crippen LogP contribution in [-0.4, -0.2) is 18.4 Å². The second-order valence-electron chi connectivity index (χ2n) is 6.31. The number of benzene rings is 3. The standard InChI is InChI=1S/C22H21BrN2O3/c1-2-12-28-20-11-10-17(13-19(20)23)22(27)25-24-21(26)14-16-8-5-7-15-6-3-4-9-18(15)16/h3-11,13H,2,12,14H2,1H3,(H,24,26)(H,25,27). The van der Waals surface area contributed by atoms with Crippen LogP contribution in [0.4, 0.5) is 0 Å². The molecule has 6 heteroatoms. The van der Waals surface area contributed by atoms with Gasteiger partial charge in [-0.1, -0.05) is 49.4 Å². The number of carbonyl (C=O) groups excluding carboxylic acids is 2. The Bertz CT molecular complexity index is 999.